The Balaban J connectivity index is 0.000000260. The van der Waals surface area contributed by atoms with Crippen LogP contribution in [-0.2, 0) is 27.8 Å². The molecule has 0 fully saturated rings. The second-order valence-corrected chi connectivity index (χ2v) is 7.45. The summed E-state index contributed by atoms with van der Waals surface area (Å²) in [4.78, 5) is 21.5. The van der Waals surface area contributed by atoms with Crippen LogP contribution < -0.4 is 10.2 Å². The molecule has 2 aliphatic heterocycles. The minimum Gasteiger partial charge on any atom is -0.478 e. The van der Waals surface area contributed by atoms with E-state index in [9.17, 15) is 9.59 Å². The molecule has 6 heteroatoms. The fraction of sp³-hybridized carbons (Fsp3) is 0.500. The molecule has 6 nitrogen and oxygen atoms in total. The molecule has 2 heterocycles. The Hall–Kier alpha value is -2.34. The largest absolute Gasteiger partial charge is 0.478 e. The van der Waals surface area contributed by atoms with E-state index in [0.717, 1.165) is 13.1 Å². The van der Waals surface area contributed by atoms with Gasteiger partial charge in [0, 0.05) is 31.4 Å². The number of carbonyl (C=O) groups is 2. The van der Waals surface area contributed by atoms with Crippen molar-refractivity contribution >= 4 is 17.6 Å². The van der Waals surface area contributed by atoms with Crippen LogP contribution >= 0.6 is 0 Å². The van der Waals surface area contributed by atoms with Gasteiger partial charge in [0.15, 0.2) is 0 Å². The monoisotopic (exact) mass is 360 g/mol. The summed E-state index contributed by atoms with van der Waals surface area (Å²) in [6, 6.07) is 4.95. The zero-order chi connectivity index (χ0) is 19.3. The van der Waals surface area contributed by atoms with E-state index in [4.69, 9.17) is 10.2 Å². The van der Waals surface area contributed by atoms with E-state index in [1.54, 1.807) is 16.7 Å². The summed E-state index contributed by atoms with van der Waals surface area (Å²) in [6.07, 6.45) is 4.73. The standard InChI is InChI=1S/C16H24N2.C4H4O4/c1-16(2)6-9-18(3)15-11-13-5-8-17-7-4-12(13)10-14(15)16;5-3(6)1-2-4(7)8/h10-11,17H,4-9H2,1-3H3;1-2H,(H,5,6)(H,7,8)/b;2-1+. The number of nitrogens with zero attached hydrogens (tertiary/aromatic N) is 1. The lowest BCUT2D eigenvalue weighted by Gasteiger charge is -2.39. The molecule has 0 saturated heterocycles. The van der Waals surface area contributed by atoms with Crippen molar-refractivity contribution in [3.8, 4) is 0 Å². The quantitative estimate of drug-likeness (QED) is 0.701. The molecule has 1 aromatic carbocycles. The molecule has 0 unspecified atom stereocenters. The maximum Gasteiger partial charge on any atom is 0.328 e. The van der Waals surface area contributed by atoms with Crippen molar-refractivity contribution in [1.29, 1.82) is 0 Å². The molecule has 26 heavy (non-hydrogen) atoms. The van der Waals surface area contributed by atoms with Gasteiger partial charge < -0.3 is 20.4 Å². The predicted octanol–water partition coefficient (Wildman–Crippen LogP) is 2.20. The summed E-state index contributed by atoms with van der Waals surface area (Å²) in [5.41, 5.74) is 6.48. The number of hydrogen-bond acceptors (Lipinski definition) is 4. The van der Waals surface area contributed by atoms with Gasteiger partial charge in [0.1, 0.15) is 0 Å². The van der Waals surface area contributed by atoms with E-state index in [1.807, 2.05) is 0 Å². The Morgan fingerprint density at radius 2 is 1.62 bits per heavy atom. The summed E-state index contributed by atoms with van der Waals surface area (Å²) < 4.78 is 0. The van der Waals surface area contributed by atoms with Crippen molar-refractivity contribution in [2.45, 2.75) is 38.5 Å². The predicted molar refractivity (Wildman–Crippen MR) is 102 cm³/mol. The average molecular weight is 360 g/mol. The van der Waals surface area contributed by atoms with Gasteiger partial charge in [-0.15, -0.1) is 0 Å². The van der Waals surface area contributed by atoms with Crippen molar-refractivity contribution in [1.82, 2.24) is 5.32 Å². The highest BCUT2D eigenvalue weighted by atomic mass is 16.4. The van der Waals surface area contributed by atoms with Crippen molar-refractivity contribution in [2.24, 2.45) is 0 Å². The van der Waals surface area contributed by atoms with Crippen LogP contribution in [0.4, 0.5) is 5.69 Å². The number of carboxylic acids is 2. The van der Waals surface area contributed by atoms with E-state index in [2.05, 4.69) is 43.2 Å². The third-order valence-electron chi connectivity index (χ3n) is 5.04. The van der Waals surface area contributed by atoms with Crippen molar-refractivity contribution in [2.75, 3.05) is 31.6 Å². The molecule has 0 atom stereocenters. The molecular formula is C20H28N2O4. The third-order valence-corrected chi connectivity index (χ3v) is 5.04. The highest BCUT2D eigenvalue weighted by molar-refractivity contribution is 5.89. The lowest BCUT2D eigenvalue weighted by Crippen LogP contribution is -2.35. The molecule has 1 aromatic rings. The van der Waals surface area contributed by atoms with Gasteiger partial charge in [-0.05, 0) is 60.5 Å². The molecule has 142 valence electrons. The number of fused-ring (bicyclic) bond motifs is 2. The summed E-state index contributed by atoms with van der Waals surface area (Å²) in [7, 11) is 2.23. The number of hydrogen-bond donors (Lipinski definition) is 3. The van der Waals surface area contributed by atoms with E-state index in [0.29, 0.717) is 17.6 Å². The minimum absolute atomic E-state index is 0.330. The fourth-order valence-corrected chi connectivity index (χ4v) is 3.42. The first kappa shape index (κ1) is 20.0. The Labute approximate surface area is 154 Å². The van der Waals surface area contributed by atoms with Gasteiger partial charge in [0.05, 0.1) is 0 Å². The Morgan fingerprint density at radius 3 is 2.15 bits per heavy atom. The van der Waals surface area contributed by atoms with Gasteiger partial charge in [0.2, 0.25) is 0 Å². The number of carboxylic acid groups (broad SMARTS) is 2. The SMILES string of the molecule is CN1CCC(C)(C)c2cc3c(cc21)CCNCC3.O=C(O)/C=C/C(=O)O. The molecule has 0 radical (unpaired) electrons. The molecule has 0 saturated carbocycles. The topological polar surface area (TPSA) is 89.9 Å². The third kappa shape index (κ3) is 5.08. The van der Waals surface area contributed by atoms with E-state index in [1.165, 1.54) is 31.5 Å². The first-order chi connectivity index (χ1) is 12.2. The molecule has 2 aliphatic rings. The number of nitrogens with one attached hydrogen (secondary N) is 1. The molecule has 0 amide bonds. The molecule has 0 aromatic heterocycles. The Bertz CT molecular complexity index is 694. The van der Waals surface area contributed by atoms with Crippen molar-refractivity contribution in [3.05, 3.63) is 41.0 Å². The highest BCUT2D eigenvalue weighted by Crippen LogP contribution is 2.40. The number of anilines is 1. The van der Waals surface area contributed by atoms with Crippen LogP contribution in [0.15, 0.2) is 24.3 Å². The van der Waals surface area contributed by atoms with Crippen LogP contribution in [0.25, 0.3) is 0 Å². The smallest absolute Gasteiger partial charge is 0.328 e. The average Bonchev–Trinajstić information content (AvgIpc) is 2.81. The van der Waals surface area contributed by atoms with Gasteiger partial charge in [-0.25, -0.2) is 9.59 Å². The second kappa shape index (κ2) is 8.36. The normalized spacial score (nSPS) is 18.2. The van der Waals surface area contributed by atoms with Gasteiger partial charge in [-0.2, -0.15) is 0 Å². The van der Waals surface area contributed by atoms with Crippen LogP contribution in [-0.4, -0.2) is 48.8 Å². The van der Waals surface area contributed by atoms with Gasteiger partial charge in [-0.3, -0.25) is 0 Å². The molecular weight excluding hydrogens is 332 g/mol. The zero-order valence-corrected chi connectivity index (χ0v) is 15.7. The summed E-state index contributed by atoms with van der Waals surface area (Å²) >= 11 is 0. The first-order valence-electron chi connectivity index (χ1n) is 8.93. The van der Waals surface area contributed by atoms with E-state index < -0.39 is 11.9 Å². The Morgan fingerprint density at radius 1 is 1.08 bits per heavy atom. The number of aliphatic carboxylic acids is 2. The van der Waals surface area contributed by atoms with Crippen molar-refractivity contribution in [3.63, 3.8) is 0 Å². The van der Waals surface area contributed by atoms with Crippen LogP contribution in [0.2, 0.25) is 0 Å². The highest BCUT2D eigenvalue weighted by Gasteiger charge is 2.30. The maximum absolute atomic E-state index is 9.55. The molecule has 0 aliphatic carbocycles. The molecule has 0 bridgehead atoms. The molecule has 3 rings (SSSR count). The summed E-state index contributed by atoms with van der Waals surface area (Å²) in [5, 5.41) is 19.1. The van der Waals surface area contributed by atoms with Crippen LogP contribution in [0.1, 0.15) is 37.0 Å². The summed E-state index contributed by atoms with van der Waals surface area (Å²) in [6.45, 7) is 8.21. The Kier molecular flexibility index (Phi) is 6.42. The lowest BCUT2D eigenvalue weighted by atomic mass is 9.76. The first-order valence-corrected chi connectivity index (χ1v) is 8.93. The van der Waals surface area contributed by atoms with Crippen molar-refractivity contribution < 1.29 is 19.8 Å². The van der Waals surface area contributed by atoms with Crippen LogP contribution in [0.5, 0.6) is 0 Å². The second-order valence-electron chi connectivity index (χ2n) is 7.45. The van der Waals surface area contributed by atoms with Gasteiger partial charge in [0.25, 0.3) is 0 Å². The lowest BCUT2D eigenvalue weighted by molar-refractivity contribution is -0.134. The summed E-state index contributed by atoms with van der Waals surface area (Å²) in [5.74, 6) is -2.51. The number of rotatable bonds is 2. The van der Waals surface area contributed by atoms with Gasteiger partial charge in [-0.1, -0.05) is 19.9 Å². The van der Waals surface area contributed by atoms with Crippen LogP contribution in [0, 0.1) is 0 Å². The fourth-order valence-electron chi connectivity index (χ4n) is 3.42. The molecule has 3 N–H and O–H groups in total. The van der Waals surface area contributed by atoms with E-state index >= 15 is 0 Å². The van der Waals surface area contributed by atoms with Crippen LogP contribution in [0.3, 0.4) is 0 Å². The zero-order valence-electron chi connectivity index (χ0n) is 15.7. The maximum atomic E-state index is 9.55. The minimum atomic E-state index is -1.26. The molecule has 0 spiro atoms. The van der Waals surface area contributed by atoms with Gasteiger partial charge >= 0.3 is 11.9 Å². The number of benzene rings is 1. The van der Waals surface area contributed by atoms with E-state index in [-0.39, 0.29) is 0 Å².